The molecular formula is C65H62N18O3. The molecule has 2 bridgehead atoms. The minimum atomic E-state index is -0.419. The molecule has 86 heavy (non-hydrogen) atoms. The third-order valence-corrected chi connectivity index (χ3v) is 20.3. The summed E-state index contributed by atoms with van der Waals surface area (Å²) in [6, 6.07) is 28.5. The van der Waals surface area contributed by atoms with Crippen molar-refractivity contribution in [2.45, 2.75) is 112 Å². The Kier molecular flexibility index (Phi) is 10.1. The first-order valence-electron chi connectivity index (χ1n) is 31.1. The van der Waals surface area contributed by atoms with Gasteiger partial charge >= 0.3 is 0 Å². The van der Waals surface area contributed by atoms with Gasteiger partial charge in [-0.25, -0.2) is 28.5 Å². The van der Waals surface area contributed by atoms with E-state index in [1.165, 1.54) is 82.9 Å². The van der Waals surface area contributed by atoms with Crippen LogP contribution in [0.4, 0.5) is 17.5 Å². The minimum absolute atomic E-state index is 0.0187. The van der Waals surface area contributed by atoms with Gasteiger partial charge in [0.15, 0.2) is 16.9 Å². The Morgan fingerprint density at radius 1 is 0.535 bits per heavy atom. The number of anilines is 3. The van der Waals surface area contributed by atoms with Crippen LogP contribution in [0.3, 0.4) is 0 Å². The van der Waals surface area contributed by atoms with Crippen LogP contribution >= 0.6 is 0 Å². The lowest BCUT2D eigenvalue weighted by Crippen LogP contribution is -2.45. The molecule has 4 aliphatic heterocycles. The van der Waals surface area contributed by atoms with Crippen LogP contribution in [0.5, 0.6) is 0 Å². The molecule has 21 heteroatoms. The van der Waals surface area contributed by atoms with Gasteiger partial charge in [0.05, 0.1) is 89.3 Å². The highest BCUT2D eigenvalue weighted by molar-refractivity contribution is 5.91. The molecule has 21 nitrogen and oxygen atoms in total. The number of nitrogens with one attached hydrogen (secondary N) is 3. The molecule has 0 radical (unpaired) electrons. The highest BCUT2D eigenvalue weighted by Gasteiger charge is 2.59. The van der Waals surface area contributed by atoms with Crippen molar-refractivity contribution < 1.29 is 14.2 Å². The topological polar surface area (TPSA) is 214 Å². The van der Waals surface area contributed by atoms with Crippen LogP contribution in [0.15, 0.2) is 97.5 Å². The van der Waals surface area contributed by atoms with E-state index in [2.05, 4.69) is 125 Å². The van der Waals surface area contributed by atoms with Crippen LogP contribution in [-0.4, -0.2) is 151 Å². The number of hydrogen-bond acceptors (Lipinski definition) is 15. The number of benzene rings is 3. The van der Waals surface area contributed by atoms with Crippen LogP contribution in [0.2, 0.25) is 0 Å². The second-order valence-electron chi connectivity index (χ2n) is 26.0. The van der Waals surface area contributed by atoms with Crippen molar-refractivity contribution in [3.8, 4) is 33.8 Å². The van der Waals surface area contributed by atoms with Gasteiger partial charge in [0.25, 0.3) is 0 Å². The van der Waals surface area contributed by atoms with E-state index in [1.54, 1.807) is 0 Å². The number of hydrogen-bond donors (Lipinski definition) is 3. The predicted octanol–water partition coefficient (Wildman–Crippen LogP) is 9.83. The molecular weight excluding hydrogens is 1080 g/mol. The second-order valence-corrected chi connectivity index (χ2v) is 26.0. The Morgan fingerprint density at radius 2 is 1.09 bits per heavy atom. The van der Waals surface area contributed by atoms with Gasteiger partial charge in [-0.05, 0) is 142 Å². The first-order chi connectivity index (χ1) is 42.4. The normalized spacial score (nSPS) is 25.0. The summed E-state index contributed by atoms with van der Waals surface area (Å²) in [7, 11) is 0. The van der Waals surface area contributed by atoms with Gasteiger partial charge in [-0.15, -0.1) is 15.3 Å². The molecule has 5 unspecified atom stereocenters. The fourth-order valence-corrected chi connectivity index (χ4v) is 15.3. The van der Waals surface area contributed by atoms with Crippen LogP contribution in [0.1, 0.15) is 116 Å². The molecule has 430 valence electrons. The molecule has 9 aromatic heterocycles. The van der Waals surface area contributed by atoms with Crippen molar-refractivity contribution in [2.75, 3.05) is 67.2 Å². The summed E-state index contributed by atoms with van der Waals surface area (Å²) in [4.78, 5) is 21.9. The SMILES string of the molecule is C[C@H]1CN(c2ccc3ncc(-c4cc5c(C6CC6)[nH]nc5cc4C4CC45CN(c4ccc6ncc(-c7cc8c(C9CC9)[nH]nc8cc7C7CC8CN(c9ccc%10ncc(-c%11ccc%12n[nH]c(C%13CC%13)c%12c%11)n%10n9)CC7O8)n6n4)CCO5)n3n2)CCO1. The summed E-state index contributed by atoms with van der Waals surface area (Å²) in [5.41, 5.74) is 17.3. The molecule has 0 amide bonds. The van der Waals surface area contributed by atoms with Crippen LogP contribution in [-0.2, 0) is 14.2 Å². The molecule has 8 fully saturated rings. The maximum absolute atomic E-state index is 6.96. The molecule has 4 aliphatic carbocycles. The van der Waals surface area contributed by atoms with Gasteiger partial charge in [0.2, 0.25) is 0 Å². The van der Waals surface area contributed by atoms with Crippen molar-refractivity contribution >= 4 is 67.1 Å². The van der Waals surface area contributed by atoms with E-state index in [-0.39, 0.29) is 30.1 Å². The Bertz CT molecular complexity index is 4770. The molecule has 4 saturated heterocycles. The molecule has 3 aromatic carbocycles. The quantitative estimate of drug-likeness (QED) is 0.110. The number of aromatic nitrogens is 15. The maximum atomic E-state index is 6.96. The molecule has 6 atom stereocenters. The molecule has 1 spiro atoms. The maximum Gasteiger partial charge on any atom is 0.154 e. The highest BCUT2D eigenvalue weighted by atomic mass is 16.5. The number of imidazole rings is 3. The fraction of sp³-hybridized carbons (Fsp3) is 0.400. The van der Waals surface area contributed by atoms with E-state index in [4.69, 9.17) is 54.7 Å². The number of fused-ring (bicyclic) bond motifs is 8. The standard InChI is InChI=1S/C65H62N18O3/c1-34-30-78(16-18-84-34)59-13-10-57-68-29-54(83(57)75-59)43-23-47-51(71-74-64(47)37-6-7-37)25-41(43)48-26-65(48)33-79(17-19-85-65)60-14-11-58-67-28-53(82(58)76-60)42-22-46-50(70-73-63(46)36-4-5-36)24-40(42)44-21-39-31-80(32-55(44)86-39)61-15-12-56-66-27-52(81(56)77-61)38-8-9-49-45(20-38)62(72-69-49)35-2-3-35/h8-15,20,22-25,27-29,34-37,39,44,48,55H,2-7,16-19,21,26,30-33H2,1H3,(H,69,72)(H,70,73)(H,71,74)/t34-,39?,44?,48?,55?,65?/m0/s1. The predicted molar refractivity (Wildman–Crippen MR) is 324 cm³/mol. The third kappa shape index (κ3) is 7.62. The van der Waals surface area contributed by atoms with Crippen molar-refractivity contribution in [3.05, 3.63) is 126 Å². The van der Waals surface area contributed by atoms with Gasteiger partial charge in [-0.1, -0.05) is 6.07 Å². The third-order valence-electron chi connectivity index (χ3n) is 20.3. The van der Waals surface area contributed by atoms with E-state index < -0.39 is 5.60 Å². The Labute approximate surface area is 492 Å². The first-order valence-corrected chi connectivity index (χ1v) is 31.1. The average Bonchev–Trinajstić information content (AvgIpc) is 1.73. The average molecular weight is 1140 g/mol. The van der Waals surface area contributed by atoms with Gasteiger partial charge in [0, 0.05) is 119 Å². The highest BCUT2D eigenvalue weighted by Crippen LogP contribution is 2.59. The lowest BCUT2D eigenvalue weighted by molar-refractivity contribution is 0.0157. The Morgan fingerprint density at radius 3 is 1.73 bits per heavy atom. The number of aromatic amines is 3. The van der Waals surface area contributed by atoms with Gasteiger partial charge in [0.1, 0.15) is 17.5 Å². The van der Waals surface area contributed by atoms with E-state index in [0.29, 0.717) is 44.1 Å². The second kappa shape index (κ2) is 17.9. The first kappa shape index (κ1) is 48.4. The molecule has 4 saturated carbocycles. The number of rotatable bonds is 11. The Hall–Kier alpha value is -8.79. The number of ether oxygens (including phenoxy) is 3. The van der Waals surface area contributed by atoms with Crippen LogP contribution < -0.4 is 14.7 Å². The molecule has 12 aromatic rings. The number of morpholine rings is 3. The summed E-state index contributed by atoms with van der Waals surface area (Å²) in [6.07, 6.45) is 14.9. The fourth-order valence-electron chi connectivity index (χ4n) is 15.3. The summed E-state index contributed by atoms with van der Waals surface area (Å²) in [6.45, 7) is 7.82. The van der Waals surface area contributed by atoms with E-state index in [0.717, 1.165) is 124 Å². The van der Waals surface area contributed by atoms with Gasteiger partial charge < -0.3 is 28.9 Å². The smallest absolute Gasteiger partial charge is 0.154 e. The molecule has 20 rings (SSSR count). The van der Waals surface area contributed by atoms with Gasteiger partial charge in [-0.2, -0.15) is 15.3 Å². The van der Waals surface area contributed by atoms with Crippen LogP contribution in [0, 0.1) is 0 Å². The lowest BCUT2D eigenvalue weighted by Gasteiger charge is -2.35. The minimum Gasteiger partial charge on any atom is -0.375 e. The van der Waals surface area contributed by atoms with Crippen molar-refractivity contribution in [1.82, 2.24) is 74.4 Å². The Balaban J connectivity index is 0.623. The van der Waals surface area contributed by atoms with E-state index in [1.807, 2.05) is 27.6 Å². The van der Waals surface area contributed by atoms with Crippen molar-refractivity contribution in [3.63, 3.8) is 0 Å². The van der Waals surface area contributed by atoms with E-state index in [9.17, 15) is 0 Å². The van der Waals surface area contributed by atoms with Crippen molar-refractivity contribution in [2.24, 2.45) is 0 Å². The molecule has 8 aliphatic rings. The summed E-state index contributed by atoms with van der Waals surface area (Å²) < 4.78 is 25.9. The zero-order chi connectivity index (χ0) is 56.1. The summed E-state index contributed by atoms with van der Waals surface area (Å²) in [5.74, 6) is 4.52. The monoisotopic (exact) mass is 1140 g/mol. The van der Waals surface area contributed by atoms with Crippen LogP contribution in [0.25, 0.3) is 83.4 Å². The summed E-state index contributed by atoms with van der Waals surface area (Å²) in [5, 5.41) is 44.4. The zero-order valence-corrected chi connectivity index (χ0v) is 47.6. The largest absolute Gasteiger partial charge is 0.375 e. The van der Waals surface area contributed by atoms with E-state index >= 15 is 0 Å². The molecule has 13 heterocycles. The summed E-state index contributed by atoms with van der Waals surface area (Å²) >= 11 is 0. The number of H-pyrrole nitrogens is 3. The van der Waals surface area contributed by atoms with Gasteiger partial charge in [-0.3, -0.25) is 15.3 Å². The zero-order valence-electron chi connectivity index (χ0n) is 47.6. The molecule has 3 N–H and O–H groups in total. The number of nitrogens with zero attached hydrogens (tertiary/aromatic N) is 15. The van der Waals surface area contributed by atoms with Crippen molar-refractivity contribution in [1.29, 1.82) is 0 Å². The lowest BCUT2D eigenvalue weighted by atomic mass is 9.86.